The number of hydrogen-bond acceptors (Lipinski definition) is 3. The summed E-state index contributed by atoms with van der Waals surface area (Å²) in [4.78, 5) is 11.4. The van der Waals surface area contributed by atoms with Gasteiger partial charge in [0.2, 0.25) is 0 Å². The summed E-state index contributed by atoms with van der Waals surface area (Å²) in [5.41, 5.74) is 0.610. The van der Waals surface area contributed by atoms with Gasteiger partial charge in [-0.3, -0.25) is 4.79 Å². The Hall–Kier alpha value is -1.49. The Labute approximate surface area is 116 Å². The molecule has 1 aromatic carbocycles. The van der Waals surface area contributed by atoms with Gasteiger partial charge in [-0.15, -0.1) is 0 Å². The average Bonchev–Trinajstić information content (AvgIpc) is 2.48. The van der Waals surface area contributed by atoms with E-state index in [1.807, 2.05) is 0 Å². The molecule has 0 heterocycles. The minimum Gasteiger partial charge on any atom is -0.469 e. The molecular formula is C15H18F2O3. The Kier molecular flexibility index (Phi) is 5.06. The van der Waals surface area contributed by atoms with Gasteiger partial charge in [0.25, 0.3) is 0 Å². The minimum atomic E-state index is -0.861. The lowest BCUT2D eigenvalue weighted by Crippen LogP contribution is -2.26. The van der Waals surface area contributed by atoms with Crippen molar-refractivity contribution in [3.63, 3.8) is 0 Å². The van der Waals surface area contributed by atoms with E-state index in [-0.39, 0.29) is 24.6 Å². The van der Waals surface area contributed by atoms with Crippen LogP contribution in [0.1, 0.15) is 31.2 Å². The molecule has 0 saturated heterocycles. The van der Waals surface area contributed by atoms with Crippen LogP contribution in [-0.4, -0.2) is 19.2 Å². The SMILES string of the molecule is COC(=O)C1CCC(OCc2ccc(F)c(F)c2)CC1. The first kappa shape index (κ1) is 14.9. The zero-order valence-electron chi connectivity index (χ0n) is 11.4. The summed E-state index contributed by atoms with van der Waals surface area (Å²) < 4.78 is 36.2. The number of rotatable bonds is 4. The molecule has 1 aromatic rings. The number of ether oxygens (including phenoxy) is 2. The van der Waals surface area contributed by atoms with Gasteiger partial charge >= 0.3 is 5.97 Å². The molecule has 0 bridgehead atoms. The second-order valence-corrected chi connectivity index (χ2v) is 5.06. The Bertz CT molecular complexity index is 468. The van der Waals surface area contributed by atoms with Gasteiger partial charge in [-0.2, -0.15) is 0 Å². The summed E-state index contributed by atoms with van der Waals surface area (Å²) in [6.07, 6.45) is 3.11. The molecule has 1 aliphatic rings. The lowest BCUT2D eigenvalue weighted by molar-refractivity contribution is -0.147. The third kappa shape index (κ3) is 3.76. The molecule has 0 unspecified atom stereocenters. The monoisotopic (exact) mass is 284 g/mol. The van der Waals surface area contributed by atoms with E-state index in [1.165, 1.54) is 13.2 Å². The maximum Gasteiger partial charge on any atom is 0.308 e. The Morgan fingerprint density at radius 1 is 1.20 bits per heavy atom. The maximum atomic E-state index is 13.0. The highest BCUT2D eigenvalue weighted by molar-refractivity contribution is 5.72. The van der Waals surface area contributed by atoms with E-state index in [2.05, 4.69) is 0 Å². The van der Waals surface area contributed by atoms with Crippen LogP contribution in [0.25, 0.3) is 0 Å². The number of esters is 1. The van der Waals surface area contributed by atoms with Crippen molar-refractivity contribution >= 4 is 5.97 Å². The Morgan fingerprint density at radius 2 is 1.90 bits per heavy atom. The number of halogens is 2. The van der Waals surface area contributed by atoms with Gasteiger partial charge in [0.1, 0.15) is 0 Å². The molecule has 0 aromatic heterocycles. The summed E-state index contributed by atoms with van der Waals surface area (Å²) in [7, 11) is 1.40. The van der Waals surface area contributed by atoms with Gasteiger partial charge in [-0.05, 0) is 43.4 Å². The fourth-order valence-electron chi connectivity index (χ4n) is 2.48. The van der Waals surface area contributed by atoms with E-state index in [4.69, 9.17) is 9.47 Å². The van der Waals surface area contributed by atoms with Crippen LogP contribution in [0.15, 0.2) is 18.2 Å². The molecule has 1 fully saturated rings. The number of methoxy groups -OCH3 is 1. The van der Waals surface area contributed by atoms with Gasteiger partial charge in [0.05, 0.1) is 25.7 Å². The first-order chi connectivity index (χ1) is 9.60. The lowest BCUT2D eigenvalue weighted by atomic mass is 9.87. The fraction of sp³-hybridized carbons (Fsp3) is 0.533. The molecule has 1 saturated carbocycles. The third-order valence-corrected chi connectivity index (χ3v) is 3.68. The van der Waals surface area contributed by atoms with Crippen molar-refractivity contribution in [1.29, 1.82) is 0 Å². The van der Waals surface area contributed by atoms with Crippen molar-refractivity contribution in [1.82, 2.24) is 0 Å². The van der Waals surface area contributed by atoms with Crippen molar-refractivity contribution < 1.29 is 23.0 Å². The second-order valence-electron chi connectivity index (χ2n) is 5.06. The predicted octanol–water partition coefficient (Wildman–Crippen LogP) is 3.21. The standard InChI is InChI=1S/C15H18F2O3/c1-19-15(18)11-3-5-12(6-4-11)20-9-10-2-7-13(16)14(17)8-10/h2,7-8,11-12H,3-6,9H2,1H3. The Balaban J connectivity index is 1.78. The highest BCUT2D eigenvalue weighted by atomic mass is 19.2. The fourth-order valence-corrected chi connectivity index (χ4v) is 2.48. The van der Waals surface area contributed by atoms with Crippen molar-refractivity contribution in [3.05, 3.63) is 35.4 Å². The summed E-state index contributed by atoms with van der Waals surface area (Å²) >= 11 is 0. The summed E-state index contributed by atoms with van der Waals surface area (Å²) in [6, 6.07) is 3.76. The molecule has 0 aliphatic heterocycles. The van der Waals surface area contributed by atoms with Crippen LogP contribution in [0.4, 0.5) is 8.78 Å². The van der Waals surface area contributed by atoms with Gasteiger partial charge in [-0.25, -0.2) is 8.78 Å². The molecule has 20 heavy (non-hydrogen) atoms. The van der Waals surface area contributed by atoms with Gasteiger partial charge < -0.3 is 9.47 Å². The normalized spacial score (nSPS) is 22.6. The highest BCUT2D eigenvalue weighted by Crippen LogP contribution is 2.27. The largest absolute Gasteiger partial charge is 0.469 e. The van der Waals surface area contributed by atoms with Gasteiger partial charge in [-0.1, -0.05) is 6.07 Å². The summed E-state index contributed by atoms with van der Waals surface area (Å²) in [5, 5.41) is 0. The van der Waals surface area contributed by atoms with Crippen molar-refractivity contribution in [2.45, 2.75) is 38.4 Å². The molecule has 0 atom stereocenters. The van der Waals surface area contributed by atoms with E-state index in [0.717, 1.165) is 37.8 Å². The van der Waals surface area contributed by atoms with E-state index in [0.29, 0.717) is 5.56 Å². The highest BCUT2D eigenvalue weighted by Gasteiger charge is 2.27. The van der Waals surface area contributed by atoms with Crippen LogP contribution in [0, 0.1) is 17.6 Å². The van der Waals surface area contributed by atoms with Crippen molar-refractivity contribution in [2.75, 3.05) is 7.11 Å². The quantitative estimate of drug-likeness (QED) is 0.796. The number of hydrogen-bond donors (Lipinski definition) is 0. The lowest BCUT2D eigenvalue weighted by Gasteiger charge is -2.27. The molecule has 0 radical (unpaired) electrons. The second kappa shape index (κ2) is 6.79. The number of carbonyl (C=O) groups is 1. The zero-order valence-corrected chi connectivity index (χ0v) is 11.4. The van der Waals surface area contributed by atoms with Crippen LogP contribution in [0.3, 0.4) is 0 Å². The first-order valence-corrected chi connectivity index (χ1v) is 6.73. The molecule has 2 rings (SSSR count). The summed E-state index contributed by atoms with van der Waals surface area (Å²) in [6.45, 7) is 0.255. The molecule has 0 spiro atoms. The van der Waals surface area contributed by atoms with E-state index in [1.54, 1.807) is 0 Å². The minimum absolute atomic E-state index is 0.0388. The van der Waals surface area contributed by atoms with Crippen LogP contribution < -0.4 is 0 Å². The molecule has 110 valence electrons. The smallest absolute Gasteiger partial charge is 0.308 e. The van der Waals surface area contributed by atoms with Crippen LogP contribution >= 0.6 is 0 Å². The van der Waals surface area contributed by atoms with Crippen molar-refractivity contribution in [2.24, 2.45) is 5.92 Å². The van der Waals surface area contributed by atoms with Crippen LogP contribution in [0.5, 0.6) is 0 Å². The zero-order chi connectivity index (χ0) is 14.5. The first-order valence-electron chi connectivity index (χ1n) is 6.73. The van der Waals surface area contributed by atoms with Crippen LogP contribution in [-0.2, 0) is 20.9 Å². The third-order valence-electron chi connectivity index (χ3n) is 3.68. The topological polar surface area (TPSA) is 35.5 Å². The van der Waals surface area contributed by atoms with E-state index in [9.17, 15) is 13.6 Å². The number of benzene rings is 1. The molecule has 0 N–H and O–H groups in total. The predicted molar refractivity (Wildman–Crippen MR) is 68.9 cm³/mol. The van der Waals surface area contributed by atoms with Gasteiger partial charge in [0, 0.05) is 0 Å². The average molecular weight is 284 g/mol. The molecule has 5 heteroatoms. The van der Waals surface area contributed by atoms with E-state index >= 15 is 0 Å². The molecule has 1 aliphatic carbocycles. The van der Waals surface area contributed by atoms with Gasteiger partial charge in [0.15, 0.2) is 11.6 Å². The Morgan fingerprint density at radius 3 is 2.50 bits per heavy atom. The number of carbonyl (C=O) groups excluding carboxylic acids is 1. The maximum absolute atomic E-state index is 13.0. The molecule has 0 amide bonds. The van der Waals surface area contributed by atoms with Crippen molar-refractivity contribution in [3.8, 4) is 0 Å². The summed E-state index contributed by atoms with van der Waals surface area (Å²) in [5.74, 6) is -1.92. The molecular weight excluding hydrogens is 266 g/mol. The van der Waals surface area contributed by atoms with E-state index < -0.39 is 11.6 Å². The van der Waals surface area contributed by atoms with Crippen LogP contribution in [0.2, 0.25) is 0 Å². The molecule has 3 nitrogen and oxygen atoms in total.